The van der Waals surface area contributed by atoms with Gasteiger partial charge in [0.1, 0.15) is 0 Å². The lowest BCUT2D eigenvalue weighted by molar-refractivity contribution is 0.430. The Labute approximate surface area is 168 Å². The molecule has 0 atom stereocenters. The van der Waals surface area contributed by atoms with Crippen LogP contribution in [0.1, 0.15) is 11.3 Å². The maximum absolute atomic E-state index is 13.0. The molecule has 0 aliphatic carbocycles. The highest BCUT2D eigenvalue weighted by molar-refractivity contribution is 7.92. The molecule has 7 nitrogen and oxygen atoms in total. The topological polar surface area (TPSA) is 98.0 Å². The molecule has 1 N–H and O–H groups in total. The van der Waals surface area contributed by atoms with Gasteiger partial charge in [-0.15, -0.1) is 0 Å². The average Bonchev–Trinajstić information content (AvgIpc) is 3.06. The molecule has 2 aromatic heterocycles. The van der Waals surface area contributed by atoms with Gasteiger partial charge >= 0.3 is 0 Å². The molecule has 8 heteroatoms. The Morgan fingerprint density at radius 2 is 1.52 bits per heavy atom. The molecule has 4 aromatic rings. The van der Waals surface area contributed by atoms with Gasteiger partial charge in [-0.3, -0.25) is 0 Å². The minimum absolute atomic E-state index is 0.119. The van der Waals surface area contributed by atoms with Crippen molar-refractivity contribution in [1.29, 1.82) is 0 Å². The fraction of sp³-hybridized carbons (Fsp3) is 0.0952. The van der Waals surface area contributed by atoms with Gasteiger partial charge in [0.25, 0.3) is 10.0 Å². The Kier molecular flexibility index (Phi) is 4.85. The van der Waals surface area contributed by atoms with E-state index in [1.807, 2.05) is 24.3 Å². The summed E-state index contributed by atoms with van der Waals surface area (Å²) >= 11 is 0. The Morgan fingerprint density at radius 3 is 2.17 bits per heavy atom. The molecule has 146 valence electrons. The van der Waals surface area contributed by atoms with Crippen molar-refractivity contribution < 1.29 is 12.9 Å². The summed E-state index contributed by atoms with van der Waals surface area (Å²) in [6.45, 7) is 3.50. The van der Waals surface area contributed by atoms with Gasteiger partial charge in [0, 0.05) is 29.1 Å². The largest absolute Gasteiger partial charge is 0.337 e. The number of aryl methyl sites for hydroxylation is 1. The van der Waals surface area contributed by atoms with E-state index < -0.39 is 10.0 Å². The van der Waals surface area contributed by atoms with Crippen LogP contribution in [0.3, 0.4) is 0 Å². The predicted molar refractivity (Wildman–Crippen MR) is 110 cm³/mol. The van der Waals surface area contributed by atoms with Crippen molar-refractivity contribution in [1.82, 2.24) is 15.1 Å². The monoisotopic (exact) mass is 406 g/mol. The van der Waals surface area contributed by atoms with Crippen molar-refractivity contribution in [2.75, 3.05) is 4.72 Å². The van der Waals surface area contributed by atoms with E-state index in [9.17, 15) is 8.42 Å². The number of hydrogen-bond donors (Lipinski definition) is 1. The number of sulfonamides is 1. The Morgan fingerprint density at radius 1 is 0.862 bits per heavy atom. The lowest BCUT2D eigenvalue weighted by Gasteiger charge is -2.12. The molecule has 0 radical (unpaired) electrons. The summed E-state index contributed by atoms with van der Waals surface area (Å²) in [6.07, 6.45) is 3.36. The minimum atomic E-state index is -3.87. The third-order valence-electron chi connectivity index (χ3n) is 4.58. The van der Waals surface area contributed by atoms with E-state index in [-0.39, 0.29) is 10.8 Å². The number of nitrogens with one attached hydrogen (secondary N) is 1. The first-order valence-electron chi connectivity index (χ1n) is 8.88. The van der Waals surface area contributed by atoms with Crippen LogP contribution in [0.4, 0.5) is 5.88 Å². The number of anilines is 1. The molecule has 2 heterocycles. The molecule has 0 spiro atoms. The minimum Gasteiger partial charge on any atom is -0.337 e. The molecular weight excluding hydrogens is 388 g/mol. The molecule has 0 amide bonds. The molecule has 0 aliphatic rings. The first-order chi connectivity index (χ1) is 14.0. The van der Waals surface area contributed by atoms with Crippen LogP contribution in [0.15, 0.2) is 76.4 Å². The maximum Gasteiger partial charge on any atom is 0.264 e. The molecule has 0 unspecified atom stereocenters. The number of nitrogens with zero attached hydrogens (tertiary/aromatic N) is 3. The lowest BCUT2D eigenvalue weighted by atomic mass is 10.0. The van der Waals surface area contributed by atoms with E-state index in [1.54, 1.807) is 56.6 Å². The van der Waals surface area contributed by atoms with Crippen molar-refractivity contribution >= 4 is 15.9 Å². The Balaban J connectivity index is 1.71. The van der Waals surface area contributed by atoms with Gasteiger partial charge in [0.05, 0.1) is 10.6 Å². The van der Waals surface area contributed by atoms with Gasteiger partial charge < -0.3 is 4.52 Å². The summed E-state index contributed by atoms with van der Waals surface area (Å²) in [7, 11) is -3.87. The van der Waals surface area contributed by atoms with Crippen LogP contribution in [0.5, 0.6) is 0 Å². The molecule has 0 fully saturated rings. The second-order valence-electron chi connectivity index (χ2n) is 6.47. The SMILES string of the molecule is Cc1noc(NS(=O)(=O)c2ccccc2-c2ccc(-c3ncccn3)cc2)c1C. The van der Waals surface area contributed by atoms with Crippen LogP contribution < -0.4 is 4.72 Å². The zero-order valence-electron chi connectivity index (χ0n) is 15.8. The second-order valence-corrected chi connectivity index (χ2v) is 8.12. The van der Waals surface area contributed by atoms with E-state index in [4.69, 9.17) is 4.52 Å². The molecular formula is C21H18N4O3S. The van der Waals surface area contributed by atoms with Crippen LogP contribution in [0.25, 0.3) is 22.5 Å². The normalized spacial score (nSPS) is 11.4. The van der Waals surface area contributed by atoms with Gasteiger partial charge in [0.2, 0.25) is 5.88 Å². The summed E-state index contributed by atoms with van der Waals surface area (Å²) in [5.74, 6) is 0.728. The smallest absolute Gasteiger partial charge is 0.264 e. The predicted octanol–water partition coefficient (Wildman–Crippen LogP) is 4.22. The standard InChI is InChI=1S/C21H18N4O3S/c1-14-15(2)24-28-21(14)25-29(26,27)19-7-4-3-6-18(19)16-8-10-17(11-9-16)20-22-12-5-13-23-20/h3-13,25H,1-2H3. The summed E-state index contributed by atoms with van der Waals surface area (Å²) < 4.78 is 33.7. The van der Waals surface area contributed by atoms with Crippen molar-refractivity contribution in [3.05, 3.63) is 78.2 Å². The van der Waals surface area contributed by atoms with Gasteiger partial charge in [-0.25, -0.2) is 23.1 Å². The van der Waals surface area contributed by atoms with Crippen molar-refractivity contribution in [2.45, 2.75) is 18.7 Å². The van der Waals surface area contributed by atoms with E-state index >= 15 is 0 Å². The van der Waals surface area contributed by atoms with Crippen LogP contribution in [0.2, 0.25) is 0 Å². The Hall–Kier alpha value is -3.52. The molecule has 4 rings (SSSR count). The number of hydrogen-bond acceptors (Lipinski definition) is 6. The van der Waals surface area contributed by atoms with Crippen LogP contribution in [-0.4, -0.2) is 23.5 Å². The number of rotatable bonds is 5. The summed E-state index contributed by atoms with van der Waals surface area (Å²) in [5.41, 5.74) is 3.47. The maximum atomic E-state index is 13.0. The average molecular weight is 406 g/mol. The highest BCUT2D eigenvalue weighted by Crippen LogP contribution is 2.30. The summed E-state index contributed by atoms with van der Waals surface area (Å²) in [6, 6.07) is 16.0. The summed E-state index contributed by atoms with van der Waals surface area (Å²) in [4.78, 5) is 8.61. The van der Waals surface area contributed by atoms with E-state index in [0.29, 0.717) is 22.6 Å². The fourth-order valence-corrected chi connectivity index (χ4v) is 4.15. The van der Waals surface area contributed by atoms with E-state index in [2.05, 4.69) is 19.8 Å². The Bertz CT molecular complexity index is 1250. The molecule has 29 heavy (non-hydrogen) atoms. The molecule has 0 saturated heterocycles. The van der Waals surface area contributed by atoms with Crippen LogP contribution in [-0.2, 0) is 10.0 Å². The first-order valence-corrected chi connectivity index (χ1v) is 10.4. The number of aromatic nitrogens is 3. The molecule has 0 saturated carbocycles. The van der Waals surface area contributed by atoms with Gasteiger partial charge in [-0.1, -0.05) is 47.6 Å². The second kappa shape index (κ2) is 7.48. The fourth-order valence-electron chi connectivity index (χ4n) is 2.87. The van der Waals surface area contributed by atoms with Crippen molar-refractivity contribution in [3.8, 4) is 22.5 Å². The molecule has 0 bridgehead atoms. The number of benzene rings is 2. The summed E-state index contributed by atoms with van der Waals surface area (Å²) in [5, 5.41) is 3.80. The highest BCUT2D eigenvalue weighted by Gasteiger charge is 2.22. The zero-order chi connectivity index (χ0) is 20.4. The lowest BCUT2D eigenvalue weighted by Crippen LogP contribution is -2.14. The zero-order valence-corrected chi connectivity index (χ0v) is 16.6. The van der Waals surface area contributed by atoms with E-state index in [1.165, 1.54) is 0 Å². The van der Waals surface area contributed by atoms with Gasteiger partial charge in [-0.05, 0) is 31.5 Å². The quantitative estimate of drug-likeness (QED) is 0.533. The molecule has 0 aliphatic heterocycles. The molecule has 2 aromatic carbocycles. The third kappa shape index (κ3) is 3.74. The van der Waals surface area contributed by atoms with Gasteiger partial charge in [0.15, 0.2) is 5.82 Å². The van der Waals surface area contributed by atoms with Crippen molar-refractivity contribution in [3.63, 3.8) is 0 Å². The highest BCUT2D eigenvalue weighted by atomic mass is 32.2. The van der Waals surface area contributed by atoms with Crippen LogP contribution in [0, 0.1) is 13.8 Å². The van der Waals surface area contributed by atoms with Crippen LogP contribution >= 0.6 is 0 Å². The van der Waals surface area contributed by atoms with Gasteiger partial charge in [-0.2, -0.15) is 0 Å². The van der Waals surface area contributed by atoms with Crippen molar-refractivity contribution in [2.24, 2.45) is 0 Å². The third-order valence-corrected chi connectivity index (χ3v) is 5.97. The van der Waals surface area contributed by atoms with E-state index in [0.717, 1.165) is 11.1 Å². The first kappa shape index (κ1) is 18.8.